The normalized spacial score (nSPS) is 7.56. The Morgan fingerprint density at radius 2 is 1.67 bits per heavy atom. The maximum Gasteiger partial charge on any atom is 0 e. The van der Waals surface area contributed by atoms with E-state index in [-0.39, 0.29) is 17.1 Å². The van der Waals surface area contributed by atoms with Gasteiger partial charge < -0.3 is 0 Å². The van der Waals surface area contributed by atoms with Crippen molar-refractivity contribution in [3.8, 4) is 0 Å². The number of hydrogen-bond donors (Lipinski definition) is 0. The molecule has 0 aromatic heterocycles. The second-order valence-corrected chi connectivity index (χ2v) is 1.61. The summed E-state index contributed by atoms with van der Waals surface area (Å²) in [6.45, 7) is 3.63. The first-order chi connectivity index (χ1) is 3.93. The van der Waals surface area contributed by atoms with Crippen LogP contribution in [0.2, 0.25) is 0 Å². The predicted molar refractivity (Wildman–Crippen MR) is 36.5 cm³/mol. The molecule has 0 heterocycles. The first kappa shape index (κ1) is 8.48. The summed E-state index contributed by atoms with van der Waals surface area (Å²) in [5, 5.41) is 0. The van der Waals surface area contributed by atoms with E-state index in [2.05, 4.69) is 6.58 Å². The summed E-state index contributed by atoms with van der Waals surface area (Å²) in [4.78, 5) is 0. The Morgan fingerprint density at radius 1 is 1.11 bits per heavy atom. The molecule has 0 fully saturated rings. The first-order valence-corrected chi connectivity index (χ1v) is 2.61. The van der Waals surface area contributed by atoms with Crippen LogP contribution < -0.4 is 0 Å². The van der Waals surface area contributed by atoms with Crippen molar-refractivity contribution in [2.45, 2.75) is 0 Å². The smallest absolute Gasteiger partial charge is 0 e. The zero-order chi connectivity index (χ0) is 5.82. The zero-order valence-electron chi connectivity index (χ0n) is 5.02. The van der Waals surface area contributed by atoms with Crippen LogP contribution in [0.15, 0.2) is 36.9 Å². The second kappa shape index (κ2) is 4.37. The van der Waals surface area contributed by atoms with Gasteiger partial charge in [-0.25, -0.2) is 0 Å². The van der Waals surface area contributed by atoms with Crippen molar-refractivity contribution in [3.63, 3.8) is 0 Å². The van der Waals surface area contributed by atoms with Crippen LogP contribution in [0.5, 0.6) is 0 Å². The summed E-state index contributed by atoms with van der Waals surface area (Å²) in [6, 6.07) is 10.0. The molecular weight excluding hydrogens is 152 g/mol. The molecule has 0 bridgehead atoms. The molecule has 0 saturated heterocycles. The van der Waals surface area contributed by atoms with E-state index >= 15 is 0 Å². The van der Waals surface area contributed by atoms with Crippen LogP contribution in [0, 0.1) is 0 Å². The fourth-order valence-electron chi connectivity index (χ4n) is 0.589. The molecule has 0 radical (unpaired) electrons. The molecule has 48 valence electrons. The Balaban J connectivity index is 0.000000640. The third-order valence-electron chi connectivity index (χ3n) is 1.04. The average molecular weight is 160 g/mol. The molecule has 0 aliphatic heterocycles. The summed E-state index contributed by atoms with van der Waals surface area (Å²) in [6.07, 6.45) is 1.83. The van der Waals surface area contributed by atoms with Gasteiger partial charge in [-0.15, -0.1) is 0 Å². The molecule has 0 nitrogen and oxygen atoms in total. The van der Waals surface area contributed by atoms with E-state index in [4.69, 9.17) is 0 Å². The molecule has 0 atom stereocenters. The van der Waals surface area contributed by atoms with Crippen molar-refractivity contribution in [1.82, 2.24) is 0 Å². The van der Waals surface area contributed by atoms with Crippen molar-refractivity contribution >= 4 is 6.08 Å². The van der Waals surface area contributed by atoms with Crippen LogP contribution in [0.3, 0.4) is 0 Å². The summed E-state index contributed by atoms with van der Waals surface area (Å²) in [7, 11) is 0. The summed E-state index contributed by atoms with van der Waals surface area (Å²) < 4.78 is 0. The summed E-state index contributed by atoms with van der Waals surface area (Å²) in [5.74, 6) is 0. The van der Waals surface area contributed by atoms with Gasteiger partial charge in [-0.05, 0) is 5.56 Å². The Morgan fingerprint density at radius 3 is 2.00 bits per heavy atom. The number of benzene rings is 1. The Kier molecular flexibility index (Phi) is 4.11. The van der Waals surface area contributed by atoms with Crippen LogP contribution in [0.1, 0.15) is 5.56 Å². The maximum atomic E-state index is 3.63. The Bertz CT molecular complexity index is 167. The monoisotopic (exact) mass is 160 g/mol. The minimum Gasteiger partial charge on any atom is -0.0985 e. The first-order valence-electron chi connectivity index (χ1n) is 2.61. The van der Waals surface area contributed by atoms with Gasteiger partial charge in [-0.3, -0.25) is 0 Å². The molecule has 1 aromatic carbocycles. The topological polar surface area (TPSA) is 0 Å². The fourth-order valence-corrected chi connectivity index (χ4v) is 0.589. The zero-order valence-corrected chi connectivity index (χ0v) is 6.13. The van der Waals surface area contributed by atoms with Crippen molar-refractivity contribution in [1.29, 1.82) is 0 Å². The second-order valence-electron chi connectivity index (χ2n) is 1.61. The van der Waals surface area contributed by atoms with Crippen molar-refractivity contribution in [3.05, 3.63) is 42.5 Å². The van der Waals surface area contributed by atoms with Gasteiger partial charge in [-0.1, -0.05) is 43.0 Å². The molecule has 1 aromatic rings. The molecular formula is C8H8Fe. The quantitative estimate of drug-likeness (QED) is 0.553. The molecule has 0 unspecified atom stereocenters. The minimum atomic E-state index is 0. The van der Waals surface area contributed by atoms with Crippen LogP contribution >= 0.6 is 0 Å². The maximum absolute atomic E-state index is 3.63. The largest absolute Gasteiger partial charge is 0.0985 e. The van der Waals surface area contributed by atoms with Gasteiger partial charge in [0, 0.05) is 17.1 Å². The van der Waals surface area contributed by atoms with Gasteiger partial charge in [0.15, 0.2) is 0 Å². The van der Waals surface area contributed by atoms with Crippen molar-refractivity contribution < 1.29 is 17.1 Å². The molecule has 0 spiro atoms. The van der Waals surface area contributed by atoms with Crippen LogP contribution in [0.25, 0.3) is 6.08 Å². The predicted octanol–water partition coefficient (Wildman–Crippen LogP) is 2.33. The van der Waals surface area contributed by atoms with Gasteiger partial charge in [0.05, 0.1) is 0 Å². The van der Waals surface area contributed by atoms with Crippen molar-refractivity contribution in [2.75, 3.05) is 0 Å². The van der Waals surface area contributed by atoms with Gasteiger partial charge in [-0.2, -0.15) is 0 Å². The SMILES string of the molecule is C=Cc1ccccc1.[Fe]. The van der Waals surface area contributed by atoms with Crippen molar-refractivity contribution in [2.24, 2.45) is 0 Å². The molecule has 0 saturated carbocycles. The Hall–Kier alpha value is -0.521. The summed E-state index contributed by atoms with van der Waals surface area (Å²) in [5.41, 5.74) is 1.17. The van der Waals surface area contributed by atoms with Gasteiger partial charge in [0.1, 0.15) is 0 Å². The van der Waals surface area contributed by atoms with E-state index in [9.17, 15) is 0 Å². The van der Waals surface area contributed by atoms with Gasteiger partial charge in [0.25, 0.3) is 0 Å². The third kappa shape index (κ3) is 2.50. The molecule has 1 rings (SSSR count). The van der Waals surface area contributed by atoms with Gasteiger partial charge in [0.2, 0.25) is 0 Å². The van der Waals surface area contributed by atoms with Crippen LogP contribution in [0.4, 0.5) is 0 Å². The van der Waals surface area contributed by atoms with E-state index in [0.717, 1.165) is 0 Å². The van der Waals surface area contributed by atoms with E-state index < -0.39 is 0 Å². The van der Waals surface area contributed by atoms with E-state index in [1.54, 1.807) is 0 Å². The molecule has 0 N–H and O–H groups in total. The van der Waals surface area contributed by atoms with Gasteiger partial charge >= 0.3 is 0 Å². The number of hydrogen-bond acceptors (Lipinski definition) is 0. The van der Waals surface area contributed by atoms with E-state index in [0.29, 0.717) is 0 Å². The van der Waals surface area contributed by atoms with E-state index in [1.807, 2.05) is 36.4 Å². The average Bonchev–Trinajstić information content (AvgIpc) is 1.90. The minimum absolute atomic E-state index is 0. The summed E-state index contributed by atoms with van der Waals surface area (Å²) >= 11 is 0. The molecule has 9 heavy (non-hydrogen) atoms. The van der Waals surface area contributed by atoms with Crippen LogP contribution in [-0.2, 0) is 17.1 Å². The fraction of sp³-hybridized carbons (Fsp3) is 0. The Labute approximate surface area is 66.1 Å². The molecule has 1 heteroatoms. The number of rotatable bonds is 1. The molecule has 0 aliphatic rings. The standard InChI is InChI=1S/C8H8.Fe/c1-2-8-6-4-3-5-7-8;/h2-7H,1H2;. The molecule has 0 amide bonds. The third-order valence-corrected chi connectivity index (χ3v) is 1.04. The van der Waals surface area contributed by atoms with Crippen LogP contribution in [-0.4, -0.2) is 0 Å². The molecule has 0 aliphatic carbocycles. The van der Waals surface area contributed by atoms with E-state index in [1.165, 1.54) is 5.56 Å².